The Morgan fingerprint density at radius 3 is 2.54 bits per heavy atom. The van der Waals surface area contributed by atoms with E-state index in [1.165, 1.54) is 29.2 Å². The number of benzene rings is 3. The number of carbonyl (C=O) groups excluding carboxylic acids is 2. The van der Waals surface area contributed by atoms with Crippen LogP contribution >= 0.6 is 0 Å². The number of rotatable bonds is 9. The van der Waals surface area contributed by atoms with Gasteiger partial charge in [-0.25, -0.2) is 4.39 Å². The van der Waals surface area contributed by atoms with Gasteiger partial charge in [-0.3, -0.25) is 9.59 Å². The van der Waals surface area contributed by atoms with Crippen LogP contribution in [-0.4, -0.2) is 47.7 Å². The number of hydrogen-bond donors (Lipinski definition) is 0. The molecule has 1 aromatic heterocycles. The predicted molar refractivity (Wildman–Crippen MR) is 126 cm³/mol. The number of aryl methyl sites for hydroxylation is 1. The quantitative estimate of drug-likeness (QED) is 0.334. The summed E-state index contributed by atoms with van der Waals surface area (Å²) >= 11 is 0. The molecule has 0 atom stereocenters. The number of esters is 1. The summed E-state index contributed by atoms with van der Waals surface area (Å²) < 4.78 is 28.5. The Morgan fingerprint density at radius 2 is 1.77 bits per heavy atom. The van der Waals surface area contributed by atoms with Crippen LogP contribution in [0.3, 0.4) is 0 Å². The third-order valence-electron chi connectivity index (χ3n) is 5.43. The SMILES string of the molecule is COc1ccc2cc(CN(C)C(=O)COC(=O)CCc3nc(-c4ccc(F)cc4)no3)ccc2c1. The van der Waals surface area contributed by atoms with Crippen molar-refractivity contribution in [2.75, 3.05) is 20.8 Å². The van der Waals surface area contributed by atoms with E-state index in [1.807, 2.05) is 36.4 Å². The zero-order chi connectivity index (χ0) is 24.8. The standard InChI is InChI=1S/C26H24FN3O5/c1-30(15-17-3-4-20-14-22(33-2)10-7-19(20)13-17)24(31)16-34-25(32)12-11-23-28-26(29-35-23)18-5-8-21(27)9-6-18/h3-10,13-14H,11-12,15-16H2,1-2H3. The number of nitrogens with zero attached hydrogens (tertiary/aromatic N) is 3. The van der Waals surface area contributed by atoms with Crippen LogP contribution < -0.4 is 4.74 Å². The largest absolute Gasteiger partial charge is 0.497 e. The second-order valence-corrected chi connectivity index (χ2v) is 7.98. The lowest BCUT2D eigenvalue weighted by Crippen LogP contribution is -2.30. The Balaban J connectivity index is 1.23. The average Bonchev–Trinajstić information content (AvgIpc) is 3.35. The van der Waals surface area contributed by atoms with E-state index in [0.29, 0.717) is 17.9 Å². The summed E-state index contributed by atoms with van der Waals surface area (Å²) in [6, 6.07) is 17.4. The number of halogens is 1. The van der Waals surface area contributed by atoms with Crippen molar-refractivity contribution in [1.29, 1.82) is 0 Å². The maximum atomic E-state index is 13.0. The Bertz CT molecular complexity index is 1340. The molecule has 0 unspecified atom stereocenters. The Labute approximate surface area is 201 Å². The molecule has 0 aliphatic carbocycles. The van der Waals surface area contributed by atoms with Gasteiger partial charge in [0.2, 0.25) is 11.7 Å². The number of carbonyl (C=O) groups is 2. The number of amides is 1. The zero-order valence-electron chi connectivity index (χ0n) is 19.4. The third-order valence-corrected chi connectivity index (χ3v) is 5.43. The van der Waals surface area contributed by atoms with Crippen molar-refractivity contribution in [3.05, 3.63) is 77.9 Å². The van der Waals surface area contributed by atoms with Gasteiger partial charge < -0.3 is 18.9 Å². The van der Waals surface area contributed by atoms with Crippen LogP contribution in [-0.2, 0) is 27.3 Å². The van der Waals surface area contributed by atoms with Gasteiger partial charge in [0.1, 0.15) is 11.6 Å². The van der Waals surface area contributed by atoms with Gasteiger partial charge in [0.05, 0.1) is 13.5 Å². The number of ether oxygens (including phenoxy) is 2. The van der Waals surface area contributed by atoms with Crippen molar-refractivity contribution in [2.24, 2.45) is 0 Å². The van der Waals surface area contributed by atoms with Gasteiger partial charge in [-0.2, -0.15) is 4.98 Å². The highest BCUT2D eigenvalue weighted by molar-refractivity contribution is 5.85. The van der Waals surface area contributed by atoms with Gasteiger partial charge in [0.25, 0.3) is 5.91 Å². The zero-order valence-corrected chi connectivity index (χ0v) is 19.4. The molecule has 1 amide bonds. The van der Waals surface area contributed by atoms with E-state index in [2.05, 4.69) is 10.1 Å². The lowest BCUT2D eigenvalue weighted by molar-refractivity contribution is -0.151. The first-order chi connectivity index (χ1) is 16.9. The molecule has 0 saturated carbocycles. The minimum atomic E-state index is -0.548. The highest BCUT2D eigenvalue weighted by Gasteiger charge is 2.15. The highest BCUT2D eigenvalue weighted by atomic mass is 19.1. The summed E-state index contributed by atoms with van der Waals surface area (Å²) in [6.07, 6.45) is 0.148. The molecule has 0 aliphatic heterocycles. The fraction of sp³-hybridized carbons (Fsp3) is 0.231. The van der Waals surface area contributed by atoms with Gasteiger partial charge in [0, 0.05) is 25.6 Å². The van der Waals surface area contributed by atoms with E-state index in [4.69, 9.17) is 14.0 Å². The summed E-state index contributed by atoms with van der Waals surface area (Å²) in [5.74, 6) is 0.111. The van der Waals surface area contributed by atoms with E-state index < -0.39 is 5.97 Å². The molecule has 0 aliphatic rings. The molecular weight excluding hydrogens is 453 g/mol. The van der Waals surface area contributed by atoms with Gasteiger partial charge in [-0.1, -0.05) is 23.4 Å². The maximum absolute atomic E-state index is 13.0. The summed E-state index contributed by atoms with van der Waals surface area (Å²) in [6.45, 7) is 0.0251. The van der Waals surface area contributed by atoms with Crippen LogP contribution in [0.1, 0.15) is 17.9 Å². The van der Waals surface area contributed by atoms with Crippen LogP contribution in [0.5, 0.6) is 5.75 Å². The van der Waals surface area contributed by atoms with Crippen LogP contribution in [0.15, 0.2) is 65.2 Å². The molecule has 0 bridgehead atoms. The number of fused-ring (bicyclic) bond motifs is 1. The first kappa shape index (κ1) is 23.9. The summed E-state index contributed by atoms with van der Waals surface area (Å²) in [7, 11) is 3.28. The van der Waals surface area contributed by atoms with E-state index in [1.54, 1.807) is 14.2 Å². The lowest BCUT2D eigenvalue weighted by Gasteiger charge is -2.17. The van der Waals surface area contributed by atoms with Gasteiger partial charge >= 0.3 is 5.97 Å². The maximum Gasteiger partial charge on any atom is 0.306 e. The Hall–Kier alpha value is -4.27. The molecule has 0 fully saturated rings. The molecule has 4 rings (SSSR count). The highest BCUT2D eigenvalue weighted by Crippen LogP contribution is 2.22. The minimum Gasteiger partial charge on any atom is -0.497 e. The normalized spacial score (nSPS) is 10.8. The monoisotopic (exact) mass is 477 g/mol. The molecule has 1 heterocycles. The molecule has 35 heavy (non-hydrogen) atoms. The molecule has 3 aromatic carbocycles. The molecule has 0 N–H and O–H groups in total. The fourth-order valence-electron chi connectivity index (χ4n) is 3.47. The first-order valence-corrected chi connectivity index (χ1v) is 11.0. The summed E-state index contributed by atoms with van der Waals surface area (Å²) in [4.78, 5) is 30.2. The summed E-state index contributed by atoms with van der Waals surface area (Å²) in [5.41, 5.74) is 1.56. The van der Waals surface area contributed by atoms with Crippen molar-refractivity contribution >= 4 is 22.6 Å². The molecule has 9 heteroatoms. The minimum absolute atomic E-state index is 0.0177. The van der Waals surface area contributed by atoms with E-state index in [0.717, 1.165) is 22.1 Å². The van der Waals surface area contributed by atoms with E-state index in [9.17, 15) is 14.0 Å². The second kappa shape index (κ2) is 10.8. The lowest BCUT2D eigenvalue weighted by atomic mass is 10.1. The first-order valence-electron chi connectivity index (χ1n) is 11.0. The molecule has 4 aromatic rings. The number of methoxy groups -OCH3 is 1. The van der Waals surface area contributed by atoms with Crippen molar-refractivity contribution < 1.29 is 28.0 Å². The van der Waals surface area contributed by atoms with Gasteiger partial charge in [-0.05, 0) is 58.8 Å². The van der Waals surface area contributed by atoms with Crippen LogP contribution in [0.25, 0.3) is 22.2 Å². The van der Waals surface area contributed by atoms with Crippen molar-refractivity contribution in [2.45, 2.75) is 19.4 Å². The van der Waals surface area contributed by atoms with Crippen molar-refractivity contribution in [3.8, 4) is 17.1 Å². The van der Waals surface area contributed by atoms with Crippen LogP contribution in [0.2, 0.25) is 0 Å². The van der Waals surface area contributed by atoms with Crippen molar-refractivity contribution in [1.82, 2.24) is 15.0 Å². The van der Waals surface area contributed by atoms with Gasteiger partial charge in [0.15, 0.2) is 6.61 Å². The molecule has 0 saturated heterocycles. The predicted octanol–water partition coefficient (Wildman–Crippen LogP) is 4.17. The summed E-state index contributed by atoms with van der Waals surface area (Å²) in [5, 5.41) is 5.92. The number of aromatic nitrogens is 2. The Morgan fingerprint density at radius 1 is 1.03 bits per heavy atom. The fourth-order valence-corrected chi connectivity index (χ4v) is 3.47. The van der Waals surface area contributed by atoms with Crippen LogP contribution in [0.4, 0.5) is 4.39 Å². The molecule has 8 nitrogen and oxygen atoms in total. The topological polar surface area (TPSA) is 94.8 Å². The molecule has 0 spiro atoms. The van der Waals surface area contributed by atoms with E-state index in [-0.39, 0.29) is 37.1 Å². The van der Waals surface area contributed by atoms with E-state index >= 15 is 0 Å². The smallest absolute Gasteiger partial charge is 0.306 e. The molecular formula is C26H24FN3O5. The Kier molecular flexibility index (Phi) is 7.35. The number of likely N-dealkylation sites (N-methyl/N-ethyl adjacent to an activating group) is 1. The number of hydrogen-bond acceptors (Lipinski definition) is 7. The average molecular weight is 477 g/mol. The molecule has 180 valence electrons. The van der Waals surface area contributed by atoms with Crippen LogP contribution in [0, 0.1) is 5.82 Å². The van der Waals surface area contributed by atoms with Crippen molar-refractivity contribution in [3.63, 3.8) is 0 Å². The third kappa shape index (κ3) is 6.20. The molecule has 0 radical (unpaired) electrons. The van der Waals surface area contributed by atoms with Gasteiger partial charge in [-0.15, -0.1) is 0 Å². The second-order valence-electron chi connectivity index (χ2n) is 7.98.